The van der Waals surface area contributed by atoms with Gasteiger partial charge in [-0.2, -0.15) is 0 Å². The van der Waals surface area contributed by atoms with E-state index in [1.54, 1.807) is 23.5 Å². The van der Waals surface area contributed by atoms with Crippen molar-refractivity contribution in [3.8, 4) is 5.75 Å². The summed E-state index contributed by atoms with van der Waals surface area (Å²) in [6, 6.07) is 2.20. The molecule has 0 radical (unpaired) electrons. The number of thioether (sulfide) groups is 2. The molecule has 0 saturated carbocycles. The largest absolute Gasteiger partial charge is 0.507 e. The van der Waals surface area contributed by atoms with Gasteiger partial charge in [-0.1, -0.05) is 13.8 Å². The lowest BCUT2D eigenvalue weighted by Gasteiger charge is -2.13. The van der Waals surface area contributed by atoms with E-state index in [9.17, 15) is 5.11 Å². The van der Waals surface area contributed by atoms with Gasteiger partial charge in [-0.3, -0.25) is 0 Å². The number of hydrogen-bond acceptors (Lipinski definition) is 3. The highest BCUT2D eigenvalue weighted by molar-refractivity contribution is 8.00. The third-order valence-corrected chi connectivity index (χ3v) is 4.36. The summed E-state index contributed by atoms with van der Waals surface area (Å²) in [5, 5.41) is 9.99. The van der Waals surface area contributed by atoms with E-state index in [1.807, 2.05) is 13.8 Å². The van der Waals surface area contributed by atoms with E-state index in [-0.39, 0.29) is 0 Å². The average molecular weight is 242 g/mol. The zero-order valence-corrected chi connectivity index (χ0v) is 11.4. The topological polar surface area (TPSA) is 20.2 Å². The Labute approximate surface area is 101 Å². The molecule has 0 unspecified atom stereocenters. The van der Waals surface area contributed by atoms with Gasteiger partial charge >= 0.3 is 0 Å². The summed E-state index contributed by atoms with van der Waals surface area (Å²) < 4.78 is 0. The molecule has 84 valence electrons. The molecule has 0 atom stereocenters. The summed E-state index contributed by atoms with van der Waals surface area (Å²) in [6.07, 6.45) is 0. The minimum absolute atomic E-state index is 0.462. The molecular weight excluding hydrogens is 224 g/mol. The van der Waals surface area contributed by atoms with Crippen LogP contribution in [-0.2, 0) is 0 Å². The maximum atomic E-state index is 9.99. The molecule has 0 amide bonds. The fourth-order valence-corrected chi connectivity index (χ4v) is 3.19. The summed E-state index contributed by atoms with van der Waals surface area (Å²) in [7, 11) is 0. The molecule has 1 aromatic rings. The van der Waals surface area contributed by atoms with Crippen LogP contribution in [0.2, 0.25) is 0 Å². The molecular formula is C12H18OS2. The van der Waals surface area contributed by atoms with Crippen LogP contribution >= 0.6 is 23.5 Å². The Morgan fingerprint density at radius 3 is 1.73 bits per heavy atom. The van der Waals surface area contributed by atoms with E-state index in [4.69, 9.17) is 0 Å². The third kappa shape index (κ3) is 2.85. The highest BCUT2D eigenvalue weighted by Gasteiger charge is 2.11. The number of phenols is 1. The van der Waals surface area contributed by atoms with Gasteiger partial charge in [0.05, 0.1) is 0 Å². The molecule has 3 heteroatoms. The van der Waals surface area contributed by atoms with Crippen molar-refractivity contribution in [1.29, 1.82) is 0 Å². The number of hydrogen-bond donors (Lipinski definition) is 1. The van der Waals surface area contributed by atoms with Gasteiger partial charge in [0.1, 0.15) is 5.75 Å². The first-order valence-electron chi connectivity index (χ1n) is 5.20. The molecule has 1 rings (SSSR count). The van der Waals surface area contributed by atoms with Crippen molar-refractivity contribution in [1.82, 2.24) is 0 Å². The second kappa shape index (κ2) is 5.71. The van der Waals surface area contributed by atoms with Gasteiger partial charge in [-0.05, 0) is 31.4 Å². The lowest BCUT2D eigenvalue weighted by Crippen LogP contribution is -1.89. The van der Waals surface area contributed by atoms with Gasteiger partial charge < -0.3 is 5.11 Å². The van der Waals surface area contributed by atoms with Crippen LogP contribution in [0.25, 0.3) is 0 Å². The Balaban J connectivity index is 3.19. The van der Waals surface area contributed by atoms with Gasteiger partial charge in [0.15, 0.2) is 0 Å². The Hall–Kier alpha value is -0.280. The first-order valence-corrected chi connectivity index (χ1v) is 7.17. The molecule has 1 N–H and O–H groups in total. The summed E-state index contributed by atoms with van der Waals surface area (Å²) in [6.45, 7) is 8.24. The molecule has 0 spiro atoms. The van der Waals surface area contributed by atoms with Crippen molar-refractivity contribution >= 4 is 23.5 Å². The summed E-state index contributed by atoms with van der Waals surface area (Å²) in [4.78, 5) is 2.41. The molecule has 1 aromatic carbocycles. The van der Waals surface area contributed by atoms with Gasteiger partial charge in [0.25, 0.3) is 0 Å². The van der Waals surface area contributed by atoms with Crippen LogP contribution < -0.4 is 0 Å². The maximum absolute atomic E-state index is 9.99. The van der Waals surface area contributed by atoms with Crippen molar-refractivity contribution in [3.05, 3.63) is 17.2 Å². The zero-order chi connectivity index (χ0) is 11.4. The molecule has 0 aliphatic rings. The van der Waals surface area contributed by atoms with E-state index in [2.05, 4.69) is 19.9 Å². The first-order chi connectivity index (χ1) is 7.11. The van der Waals surface area contributed by atoms with E-state index >= 15 is 0 Å². The molecule has 0 aliphatic heterocycles. The van der Waals surface area contributed by atoms with Crippen molar-refractivity contribution in [3.63, 3.8) is 0 Å². The SMILES string of the molecule is CCSc1cc(SCC)c(C)c(O)c1C. The van der Waals surface area contributed by atoms with Crippen LogP contribution in [-0.4, -0.2) is 16.6 Å². The molecule has 0 bridgehead atoms. The highest BCUT2D eigenvalue weighted by atomic mass is 32.2. The molecule has 0 aliphatic carbocycles. The minimum atomic E-state index is 0.462. The molecule has 0 aromatic heterocycles. The Morgan fingerprint density at radius 1 is 1.00 bits per heavy atom. The van der Waals surface area contributed by atoms with E-state index in [1.165, 1.54) is 9.79 Å². The molecule has 0 heterocycles. The Morgan fingerprint density at radius 2 is 1.40 bits per heavy atom. The Kier molecular flexibility index (Phi) is 4.87. The fourth-order valence-electron chi connectivity index (χ4n) is 1.46. The second-order valence-corrected chi connectivity index (χ2v) is 5.95. The summed E-state index contributed by atoms with van der Waals surface area (Å²) >= 11 is 3.58. The molecule has 0 saturated heterocycles. The van der Waals surface area contributed by atoms with E-state index in [0.717, 1.165) is 22.6 Å². The smallest absolute Gasteiger partial charge is 0.123 e. The lowest BCUT2D eigenvalue weighted by molar-refractivity contribution is 0.462. The van der Waals surface area contributed by atoms with Crippen LogP contribution in [0.3, 0.4) is 0 Å². The third-order valence-electron chi connectivity index (χ3n) is 2.31. The molecule has 1 nitrogen and oxygen atoms in total. The second-order valence-electron chi connectivity index (χ2n) is 3.34. The monoisotopic (exact) mass is 242 g/mol. The predicted octanol–water partition coefficient (Wildman–Crippen LogP) is 4.23. The van der Waals surface area contributed by atoms with Crippen molar-refractivity contribution in [2.75, 3.05) is 11.5 Å². The number of benzene rings is 1. The van der Waals surface area contributed by atoms with Crippen molar-refractivity contribution < 1.29 is 5.11 Å². The van der Waals surface area contributed by atoms with Gasteiger partial charge in [-0.15, -0.1) is 23.5 Å². The van der Waals surface area contributed by atoms with Crippen LogP contribution in [0.1, 0.15) is 25.0 Å². The van der Waals surface area contributed by atoms with Crippen LogP contribution in [0.4, 0.5) is 0 Å². The number of aromatic hydroxyl groups is 1. The van der Waals surface area contributed by atoms with Gasteiger partial charge in [-0.25, -0.2) is 0 Å². The molecule has 0 fully saturated rings. The van der Waals surface area contributed by atoms with Crippen molar-refractivity contribution in [2.45, 2.75) is 37.5 Å². The Bertz CT molecular complexity index is 318. The fraction of sp³-hybridized carbons (Fsp3) is 0.500. The minimum Gasteiger partial charge on any atom is -0.507 e. The normalized spacial score (nSPS) is 10.7. The number of rotatable bonds is 4. The van der Waals surface area contributed by atoms with Crippen LogP contribution in [0.15, 0.2) is 15.9 Å². The zero-order valence-electron chi connectivity index (χ0n) is 9.76. The average Bonchev–Trinajstić information content (AvgIpc) is 2.22. The lowest BCUT2D eigenvalue weighted by atomic mass is 10.1. The quantitative estimate of drug-likeness (QED) is 0.798. The standard InChI is InChI=1S/C12H18OS2/c1-5-14-10-7-11(15-6-2)9(4)12(13)8(10)3/h7,13H,5-6H2,1-4H3. The predicted molar refractivity (Wildman–Crippen MR) is 70.4 cm³/mol. The molecule has 15 heavy (non-hydrogen) atoms. The maximum Gasteiger partial charge on any atom is 0.123 e. The van der Waals surface area contributed by atoms with Crippen LogP contribution in [0.5, 0.6) is 5.75 Å². The summed E-state index contributed by atoms with van der Waals surface area (Å²) in [5.74, 6) is 2.54. The summed E-state index contributed by atoms with van der Waals surface area (Å²) in [5.41, 5.74) is 2.03. The van der Waals surface area contributed by atoms with Crippen molar-refractivity contribution in [2.24, 2.45) is 0 Å². The van der Waals surface area contributed by atoms with E-state index < -0.39 is 0 Å². The van der Waals surface area contributed by atoms with Crippen LogP contribution in [0, 0.1) is 13.8 Å². The number of phenolic OH excluding ortho intramolecular Hbond substituents is 1. The first kappa shape index (κ1) is 12.8. The van der Waals surface area contributed by atoms with E-state index in [0.29, 0.717) is 5.75 Å². The van der Waals surface area contributed by atoms with Gasteiger partial charge in [0, 0.05) is 20.9 Å². The highest BCUT2D eigenvalue weighted by Crippen LogP contribution is 2.37. The van der Waals surface area contributed by atoms with Gasteiger partial charge in [0.2, 0.25) is 0 Å².